The fraction of sp³-hybridized carbons (Fsp3) is 0.733. The second-order valence-corrected chi connectivity index (χ2v) is 7.94. The molecule has 0 aromatic rings. The van der Waals surface area contributed by atoms with Crippen molar-refractivity contribution in [1.82, 2.24) is 31.4 Å². The number of nitrogens with zero attached hydrogens (tertiary/aromatic N) is 2. The van der Waals surface area contributed by atoms with Gasteiger partial charge in [-0.1, -0.05) is 0 Å². The van der Waals surface area contributed by atoms with Crippen LogP contribution in [0.1, 0.15) is 25.7 Å². The lowest BCUT2D eigenvalue weighted by Crippen LogP contribution is -2.49. The Kier molecular flexibility index (Phi) is 8.76. The zero-order valence-electron chi connectivity index (χ0n) is 16.2. The average molecular weight is 450 g/mol. The maximum absolute atomic E-state index is 11.5. The van der Waals surface area contributed by atoms with E-state index in [1.807, 2.05) is 0 Å². The third kappa shape index (κ3) is 7.40. The molecule has 3 fully saturated rings. The van der Waals surface area contributed by atoms with E-state index in [0.29, 0.717) is 32.5 Å². The van der Waals surface area contributed by atoms with E-state index in [1.54, 1.807) is 0 Å². The van der Waals surface area contributed by atoms with Gasteiger partial charge in [0.25, 0.3) is 5.91 Å². The Bertz CT molecular complexity index is 741. The maximum Gasteiger partial charge on any atom is 0.418 e. The first kappa shape index (κ1) is 23.8. The Labute approximate surface area is 173 Å². The molecule has 5 amide bonds. The van der Waals surface area contributed by atoms with Gasteiger partial charge in [0.05, 0.1) is 18.5 Å². The largest absolute Gasteiger partial charge is 0.418 e. The second kappa shape index (κ2) is 11.1. The molecule has 5 N–H and O–H groups in total. The SMILES string of the molecule is O=C1N2CCCC(C2)N1OS(=O)(=O)O.O=CNCC(=O)NNC(=O)C1CCCNC1. The van der Waals surface area contributed by atoms with Crippen LogP contribution in [0.2, 0.25) is 0 Å². The van der Waals surface area contributed by atoms with E-state index in [2.05, 4.69) is 25.8 Å². The van der Waals surface area contributed by atoms with E-state index in [-0.39, 0.29) is 24.4 Å². The highest BCUT2D eigenvalue weighted by Gasteiger charge is 2.42. The number of urea groups is 1. The van der Waals surface area contributed by atoms with Crippen LogP contribution in [0.4, 0.5) is 4.79 Å². The van der Waals surface area contributed by atoms with Gasteiger partial charge in [0, 0.05) is 19.6 Å². The van der Waals surface area contributed by atoms with E-state index in [1.165, 1.54) is 4.90 Å². The monoisotopic (exact) mass is 450 g/mol. The molecule has 30 heavy (non-hydrogen) atoms. The molecule has 170 valence electrons. The molecular weight excluding hydrogens is 424 g/mol. The van der Waals surface area contributed by atoms with Crippen molar-refractivity contribution in [3.8, 4) is 0 Å². The summed E-state index contributed by atoms with van der Waals surface area (Å²) in [5, 5.41) is 6.04. The smallest absolute Gasteiger partial charge is 0.350 e. The van der Waals surface area contributed by atoms with Crippen molar-refractivity contribution in [1.29, 1.82) is 0 Å². The number of fused-ring (bicyclic) bond motifs is 2. The van der Waals surface area contributed by atoms with Crippen molar-refractivity contribution in [2.24, 2.45) is 5.92 Å². The predicted molar refractivity (Wildman–Crippen MR) is 100 cm³/mol. The third-order valence-corrected chi connectivity index (χ3v) is 5.05. The lowest BCUT2D eigenvalue weighted by atomic mass is 9.99. The van der Waals surface area contributed by atoms with Crippen LogP contribution in [0.3, 0.4) is 0 Å². The van der Waals surface area contributed by atoms with Gasteiger partial charge in [0.2, 0.25) is 12.3 Å². The molecule has 2 bridgehead atoms. The number of nitrogens with one attached hydrogen (secondary N) is 4. The third-order valence-electron chi connectivity index (χ3n) is 4.70. The van der Waals surface area contributed by atoms with Crippen LogP contribution in [-0.2, 0) is 29.1 Å². The molecule has 0 aromatic carbocycles. The molecule has 2 unspecified atom stereocenters. The normalized spacial score (nSPS) is 23.2. The zero-order chi connectivity index (χ0) is 22.1. The maximum atomic E-state index is 11.5. The van der Waals surface area contributed by atoms with Crippen molar-refractivity contribution in [3.05, 3.63) is 0 Å². The van der Waals surface area contributed by atoms with Gasteiger partial charge in [-0.3, -0.25) is 29.8 Å². The zero-order valence-corrected chi connectivity index (χ0v) is 17.0. The summed E-state index contributed by atoms with van der Waals surface area (Å²) in [5.74, 6) is -0.760. The number of carbonyl (C=O) groups is 4. The van der Waals surface area contributed by atoms with Crippen LogP contribution in [0.25, 0.3) is 0 Å². The lowest BCUT2D eigenvalue weighted by Gasteiger charge is -2.21. The summed E-state index contributed by atoms with van der Waals surface area (Å²) in [7, 11) is -4.60. The summed E-state index contributed by atoms with van der Waals surface area (Å²) in [6, 6.07) is -0.761. The minimum Gasteiger partial charge on any atom is -0.350 e. The minimum absolute atomic E-state index is 0.104. The highest BCUT2D eigenvalue weighted by Crippen LogP contribution is 2.26. The quantitative estimate of drug-likeness (QED) is 0.166. The number of hydrazine groups is 1. The Morgan fingerprint density at radius 3 is 2.63 bits per heavy atom. The van der Waals surface area contributed by atoms with Gasteiger partial charge in [-0.2, -0.15) is 13.5 Å². The number of carbonyl (C=O) groups excluding carboxylic acids is 4. The van der Waals surface area contributed by atoms with Crippen LogP contribution < -0.4 is 21.5 Å². The van der Waals surface area contributed by atoms with Crippen molar-refractivity contribution in [2.75, 3.05) is 32.7 Å². The number of piperidine rings is 2. The molecule has 0 radical (unpaired) electrons. The molecule has 14 nitrogen and oxygen atoms in total. The molecule has 3 rings (SSSR count). The summed E-state index contributed by atoms with van der Waals surface area (Å²) in [6.07, 6.45) is 3.71. The first-order valence-electron chi connectivity index (χ1n) is 9.43. The number of hydroxylamine groups is 2. The van der Waals surface area contributed by atoms with Crippen molar-refractivity contribution in [3.63, 3.8) is 0 Å². The van der Waals surface area contributed by atoms with Crippen molar-refractivity contribution < 1.29 is 36.4 Å². The van der Waals surface area contributed by atoms with Gasteiger partial charge < -0.3 is 15.5 Å². The summed E-state index contributed by atoms with van der Waals surface area (Å²) < 4.78 is 33.5. The first-order valence-corrected chi connectivity index (χ1v) is 10.8. The standard InChI is InChI=1S/C9H16N4O3.C6H10N2O5S/c14-6-11-5-8(15)12-13-9(16)7-2-1-3-10-4-7;9-6-7-3-1-2-5(4-7)8(6)13-14(10,11)12/h6-7,10H,1-5H2,(H,11,14)(H,12,15)(H,13,16);5H,1-4H2,(H,10,11,12). The molecule has 0 saturated carbocycles. The molecule has 2 atom stereocenters. The van der Waals surface area contributed by atoms with Crippen molar-refractivity contribution >= 4 is 34.7 Å². The van der Waals surface area contributed by atoms with E-state index < -0.39 is 22.3 Å². The molecule has 3 saturated heterocycles. The second-order valence-electron chi connectivity index (χ2n) is 6.93. The average Bonchev–Trinajstić information content (AvgIpc) is 2.93. The molecule has 3 aliphatic heterocycles. The van der Waals surface area contributed by atoms with Crippen LogP contribution in [0.5, 0.6) is 0 Å². The topological polar surface area (TPSA) is 186 Å². The van der Waals surface area contributed by atoms with E-state index in [4.69, 9.17) is 4.55 Å². The van der Waals surface area contributed by atoms with Gasteiger partial charge in [-0.25, -0.2) is 4.79 Å². The van der Waals surface area contributed by atoms with E-state index >= 15 is 0 Å². The highest BCUT2D eigenvalue weighted by atomic mass is 32.3. The number of rotatable bonds is 6. The Balaban J connectivity index is 0.000000215. The van der Waals surface area contributed by atoms with E-state index in [9.17, 15) is 27.6 Å². The lowest BCUT2D eigenvalue weighted by molar-refractivity contribution is -0.131. The molecule has 0 aliphatic carbocycles. The molecule has 3 heterocycles. The number of hydrogen-bond acceptors (Lipinski definition) is 8. The van der Waals surface area contributed by atoms with Gasteiger partial charge in [0.15, 0.2) is 0 Å². The fourth-order valence-corrected chi connectivity index (χ4v) is 3.69. The summed E-state index contributed by atoms with van der Waals surface area (Å²) in [5.41, 5.74) is 4.55. The Morgan fingerprint density at radius 2 is 2.03 bits per heavy atom. The van der Waals surface area contributed by atoms with Gasteiger partial charge >= 0.3 is 16.4 Å². The molecular formula is C15H26N6O8S. The summed E-state index contributed by atoms with van der Waals surface area (Å²) >= 11 is 0. The first-order chi connectivity index (χ1) is 14.2. The molecule has 0 spiro atoms. The van der Waals surface area contributed by atoms with Crippen LogP contribution in [0.15, 0.2) is 0 Å². The number of hydrogen-bond donors (Lipinski definition) is 5. The van der Waals surface area contributed by atoms with Crippen LogP contribution in [0, 0.1) is 5.92 Å². The predicted octanol–water partition coefficient (Wildman–Crippen LogP) is -2.50. The Morgan fingerprint density at radius 1 is 1.27 bits per heavy atom. The van der Waals surface area contributed by atoms with Crippen LogP contribution in [-0.4, -0.2) is 86.0 Å². The molecule has 0 aromatic heterocycles. The van der Waals surface area contributed by atoms with Gasteiger partial charge in [0.1, 0.15) is 0 Å². The summed E-state index contributed by atoms with van der Waals surface area (Å²) in [6.45, 7) is 2.50. The Hall–Kier alpha value is -2.49. The van der Waals surface area contributed by atoms with Gasteiger partial charge in [-0.05, 0) is 32.2 Å². The minimum atomic E-state index is -4.60. The highest BCUT2D eigenvalue weighted by molar-refractivity contribution is 7.80. The molecule has 15 heteroatoms. The molecule has 3 aliphatic rings. The van der Waals surface area contributed by atoms with Crippen molar-refractivity contribution in [2.45, 2.75) is 31.7 Å². The summed E-state index contributed by atoms with van der Waals surface area (Å²) in [4.78, 5) is 45.4. The van der Waals surface area contributed by atoms with Crippen LogP contribution >= 0.6 is 0 Å². The van der Waals surface area contributed by atoms with E-state index in [0.717, 1.165) is 30.9 Å². The fourth-order valence-electron chi connectivity index (χ4n) is 3.30. The number of amides is 5. The van der Waals surface area contributed by atoms with Gasteiger partial charge in [-0.15, -0.1) is 4.28 Å².